The van der Waals surface area contributed by atoms with Crippen molar-refractivity contribution in [3.05, 3.63) is 59.2 Å². The average Bonchev–Trinajstić information content (AvgIpc) is 2.38. The largest absolute Gasteiger partial charge is 0.399 e. The molecule has 2 rings (SSSR count). The fourth-order valence-electron chi connectivity index (χ4n) is 1.83. The number of hydrogen-bond donors (Lipinski definition) is 2. The van der Waals surface area contributed by atoms with Crippen LogP contribution in [0, 0.1) is 18.3 Å². The van der Waals surface area contributed by atoms with Gasteiger partial charge in [0.1, 0.15) is 0 Å². The van der Waals surface area contributed by atoms with Gasteiger partial charge >= 0.3 is 0 Å². The van der Waals surface area contributed by atoms with Crippen LogP contribution in [-0.2, 0) is 6.54 Å². The number of nitriles is 1. The molecule has 0 aliphatic heterocycles. The minimum absolute atomic E-state index is 0.684. The maximum Gasteiger partial charge on any atom is 0.0991 e. The second-order valence-electron chi connectivity index (χ2n) is 4.24. The molecule has 0 atom stereocenters. The second-order valence-corrected chi connectivity index (χ2v) is 4.24. The Morgan fingerprint density at radius 2 is 2.06 bits per heavy atom. The Labute approximate surface area is 107 Å². The molecular weight excluding hydrogens is 222 g/mol. The lowest BCUT2D eigenvalue weighted by molar-refractivity contribution is 1.14. The standard InChI is InChI=1S/C15H15N3/c1-11-7-14(17)5-6-15(11)18-10-13-4-2-3-12(8-13)9-16/h2-8,18H,10,17H2,1H3. The molecule has 0 saturated heterocycles. The van der Waals surface area contributed by atoms with Crippen molar-refractivity contribution in [2.75, 3.05) is 11.1 Å². The van der Waals surface area contributed by atoms with Gasteiger partial charge in [-0.2, -0.15) is 5.26 Å². The zero-order chi connectivity index (χ0) is 13.0. The first-order chi connectivity index (χ1) is 8.69. The van der Waals surface area contributed by atoms with Gasteiger partial charge in [0.2, 0.25) is 0 Å². The van der Waals surface area contributed by atoms with Crippen LogP contribution in [0.1, 0.15) is 16.7 Å². The van der Waals surface area contributed by atoms with Gasteiger partial charge in [-0.3, -0.25) is 0 Å². The molecule has 2 aromatic rings. The maximum absolute atomic E-state index is 8.84. The van der Waals surface area contributed by atoms with Crippen molar-refractivity contribution in [2.45, 2.75) is 13.5 Å². The number of aryl methyl sites for hydroxylation is 1. The molecule has 2 aromatic carbocycles. The van der Waals surface area contributed by atoms with Crippen LogP contribution < -0.4 is 11.1 Å². The summed E-state index contributed by atoms with van der Waals surface area (Å²) in [5, 5.41) is 12.2. The number of benzene rings is 2. The molecule has 0 amide bonds. The number of anilines is 2. The van der Waals surface area contributed by atoms with Gasteiger partial charge in [0.25, 0.3) is 0 Å². The fourth-order valence-corrected chi connectivity index (χ4v) is 1.83. The number of nitrogens with one attached hydrogen (secondary N) is 1. The second kappa shape index (κ2) is 5.24. The van der Waals surface area contributed by atoms with E-state index in [9.17, 15) is 0 Å². The number of nitrogens with two attached hydrogens (primary N) is 1. The van der Waals surface area contributed by atoms with Crippen molar-refractivity contribution >= 4 is 11.4 Å². The monoisotopic (exact) mass is 237 g/mol. The normalized spacial score (nSPS) is 9.78. The Balaban J connectivity index is 2.09. The number of nitrogen functional groups attached to an aromatic ring is 1. The average molecular weight is 237 g/mol. The van der Waals surface area contributed by atoms with Crippen molar-refractivity contribution in [1.29, 1.82) is 5.26 Å². The van der Waals surface area contributed by atoms with Gasteiger partial charge in [-0.25, -0.2) is 0 Å². The predicted molar refractivity (Wildman–Crippen MR) is 74.1 cm³/mol. The Morgan fingerprint density at radius 1 is 1.22 bits per heavy atom. The maximum atomic E-state index is 8.84. The lowest BCUT2D eigenvalue weighted by Crippen LogP contribution is -2.01. The number of nitrogens with zero attached hydrogens (tertiary/aromatic N) is 1. The summed E-state index contributed by atoms with van der Waals surface area (Å²) in [7, 11) is 0. The molecule has 0 radical (unpaired) electrons. The van der Waals surface area contributed by atoms with Crippen molar-refractivity contribution in [1.82, 2.24) is 0 Å². The highest BCUT2D eigenvalue weighted by Crippen LogP contribution is 2.18. The highest BCUT2D eigenvalue weighted by Gasteiger charge is 1.99. The molecule has 0 saturated carbocycles. The smallest absolute Gasteiger partial charge is 0.0991 e. The summed E-state index contributed by atoms with van der Waals surface area (Å²) in [6, 6.07) is 15.5. The summed E-state index contributed by atoms with van der Waals surface area (Å²) in [6.45, 7) is 2.71. The van der Waals surface area contributed by atoms with E-state index in [0.717, 1.165) is 22.5 Å². The first-order valence-corrected chi connectivity index (χ1v) is 5.78. The van der Waals surface area contributed by atoms with Crippen molar-refractivity contribution in [3.8, 4) is 6.07 Å². The van der Waals surface area contributed by atoms with Gasteiger partial charge in [-0.1, -0.05) is 12.1 Å². The quantitative estimate of drug-likeness (QED) is 0.806. The molecule has 90 valence electrons. The van der Waals surface area contributed by atoms with Gasteiger partial charge < -0.3 is 11.1 Å². The molecule has 0 heterocycles. The van der Waals surface area contributed by atoms with Crippen molar-refractivity contribution < 1.29 is 0 Å². The summed E-state index contributed by atoms with van der Waals surface area (Å²) in [5.41, 5.74) is 10.4. The first kappa shape index (κ1) is 12.0. The van der Waals surface area contributed by atoms with E-state index in [1.54, 1.807) is 6.07 Å². The molecular formula is C15H15N3. The number of rotatable bonds is 3. The van der Waals surface area contributed by atoms with Gasteiger partial charge in [0.15, 0.2) is 0 Å². The van der Waals surface area contributed by atoms with Crippen molar-refractivity contribution in [2.24, 2.45) is 0 Å². The van der Waals surface area contributed by atoms with Gasteiger partial charge in [-0.05, 0) is 48.4 Å². The molecule has 0 fully saturated rings. The van der Waals surface area contributed by atoms with Crippen LogP contribution in [0.2, 0.25) is 0 Å². The third-order valence-corrected chi connectivity index (χ3v) is 2.79. The minimum atomic E-state index is 0.684. The molecule has 0 aromatic heterocycles. The molecule has 0 spiro atoms. The molecule has 3 N–H and O–H groups in total. The van der Waals surface area contributed by atoms with Crippen LogP contribution >= 0.6 is 0 Å². The van der Waals surface area contributed by atoms with E-state index in [-0.39, 0.29) is 0 Å². The SMILES string of the molecule is Cc1cc(N)ccc1NCc1cccc(C#N)c1. The topological polar surface area (TPSA) is 61.8 Å². The fraction of sp³-hybridized carbons (Fsp3) is 0.133. The van der Waals surface area contributed by atoms with Crippen LogP contribution in [0.4, 0.5) is 11.4 Å². The van der Waals surface area contributed by atoms with Crippen LogP contribution in [0.25, 0.3) is 0 Å². The van der Waals surface area contributed by atoms with E-state index in [4.69, 9.17) is 11.0 Å². The highest BCUT2D eigenvalue weighted by molar-refractivity contribution is 5.57. The summed E-state index contributed by atoms with van der Waals surface area (Å²) < 4.78 is 0. The molecule has 0 unspecified atom stereocenters. The van der Waals surface area contributed by atoms with E-state index >= 15 is 0 Å². The van der Waals surface area contributed by atoms with Crippen LogP contribution in [0.15, 0.2) is 42.5 Å². The minimum Gasteiger partial charge on any atom is -0.399 e. The highest BCUT2D eigenvalue weighted by atomic mass is 14.9. The van der Waals surface area contributed by atoms with E-state index in [2.05, 4.69) is 11.4 Å². The molecule has 0 aliphatic rings. The van der Waals surface area contributed by atoms with E-state index in [1.165, 1.54) is 0 Å². The lowest BCUT2D eigenvalue weighted by Gasteiger charge is -2.10. The molecule has 0 aliphatic carbocycles. The zero-order valence-corrected chi connectivity index (χ0v) is 10.3. The van der Waals surface area contributed by atoms with Crippen LogP contribution in [-0.4, -0.2) is 0 Å². The van der Waals surface area contributed by atoms with Gasteiger partial charge in [0, 0.05) is 17.9 Å². The van der Waals surface area contributed by atoms with Crippen LogP contribution in [0.5, 0.6) is 0 Å². The third kappa shape index (κ3) is 2.80. The Kier molecular flexibility index (Phi) is 3.49. The predicted octanol–water partition coefficient (Wildman–Crippen LogP) is 3.06. The molecule has 3 nitrogen and oxygen atoms in total. The van der Waals surface area contributed by atoms with Crippen molar-refractivity contribution in [3.63, 3.8) is 0 Å². The van der Waals surface area contributed by atoms with Crippen LogP contribution in [0.3, 0.4) is 0 Å². The summed E-state index contributed by atoms with van der Waals surface area (Å²) in [4.78, 5) is 0. The molecule has 3 heteroatoms. The van der Waals surface area contributed by atoms with Gasteiger partial charge in [0.05, 0.1) is 11.6 Å². The summed E-state index contributed by atoms with van der Waals surface area (Å²) >= 11 is 0. The molecule has 0 bridgehead atoms. The van der Waals surface area contributed by atoms with E-state index in [0.29, 0.717) is 12.1 Å². The molecule has 18 heavy (non-hydrogen) atoms. The summed E-state index contributed by atoms with van der Waals surface area (Å²) in [5.74, 6) is 0. The zero-order valence-electron chi connectivity index (χ0n) is 10.3. The first-order valence-electron chi connectivity index (χ1n) is 5.78. The summed E-state index contributed by atoms with van der Waals surface area (Å²) in [6.07, 6.45) is 0. The van der Waals surface area contributed by atoms with Gasteiger partial charge in [-0.15, -0.1) is 0 Å². The number of hydrogen-bond acceptors (Lipinski definition) is 3. The lowest BCUT2D eigenvalue weighted by atomic mass is 10.1. The Bertz CT molecular complexity index is 597. The third-order valence-electron chi connectivity index (χ3n) is 2.79. The van der Waals surface area contributed by atoms with E-state index < -0.39 is 0 Å². The van der Waals surface area contributed by atoms with E-state index in [1.807, 2.05) is 43.3 Å². The Morgan fingerprint density at radius 3 is 2.78 bits per heavy atom. The Hall–Kier alpha value is -2.47.